The Balaban J connectivity index is 3.22. The van der Waals surface area contributed by atoms with Gasteiger partial charge in [-0.1, -0.05) is 21.9 Å². The van der Waals surface area contributed by atoms with Gasteiger partial charge < -0.3 is 4.74 Å². The van der Waals surface area contributed by atoms with Gasteiger partial charge in [-0.15, -0.1) is 6.42 Å². The Hall–Kier alpha value is -1.54. The zero-order valence-corrected chi connectivity index (χ0v) is 9.58. The molecule has 0 aliphatic carbocycles. The van der Waals surface area contributed by atoms with Gasteiger partial charge in [0.05, 0.1) is 4.92 Å². The molecule has 0 heterocycles. The average molecular weight is 270 g/mol. The number of ether oxygens (including phenoxy) is 1. The van der Waals surface area contributed by atoms with E-state index in [1.807, 2.05) is 0 Å². The van der Waals surface area contributed by atoms with Crippen LogP contribution in [0.25, 0.3) is 0 Å². The summed E-state index contributed by atoms with van der Waals surface area (Å²) < 4.78 is 5.77. The summed E-state index contributed by atoms with van der Waals surface area (Å²) in [5, 5.41) is 10.7. The van der Waals surface area contributed by atoms with E-state index >= 15 is 0 Å². The minimum atomic E-state index is -0.496. The first-order chi connectivity index (χ1) is 7.06. The molecule has 0 radical (unpaired) electrons. The van der Waals surface area contributed by atoms with Crippen molar-refractivity contribution in [1.29, 1.82) is 0 Å². The molecule has 5 heteroatoms. The third-order valence-corrected chi connectivity index (χ3v) is 2.17. The maximum atomic E-state index is 10.7. The van der Waals surface area contributed by atoms with Crippen LogP contribution in [0.1, 0.15) is 5.56 Å². The normalized spacial score (nSPS) is 9.40. The molecule has 0 spiro atoms. The molecule has 0 atom stereocenters. The summed E-state index contributed by atoms with van der Waals surface area (Å²) in [6.45, 7) is 1.74. The predicted octanol–water partition coefficient (Wildman–Crippen LogP) is 2.68. The number of hydrogen-bond donors (Lipinski definition) is 0. The fourth-order valence-electron chi connectivity index (χ4n) is 1.15. The Morgan fingerprint density at radius 3 is 2.87 bits per heavy atom. The third kappa shape index (κ3) is 2.70. The molecule has 1 rings (SSSR count). The van der Waals surface area contributed by atoms with Crippen LogP contribution in [0, 0.1) is 29.4 Å². The first-order valence-corrected chi connectivity index (χ1v) is 4.86. The SMILES string of the molecule is C#CCOc1c(C)cc(Br)cc1[N+](=O)[O-]. The van der Waals surface area contributed by atoms with Crippen molar-refractivity contribution in [2.24, 2.45) is 0 Å². The minimum Gasteiger partial charge on any atom is -0.474 e. The summed E-state index contributed by atoms with van der Waals surface area (Å²) in [5.74, 6) is 2.49. The maximum Gasteiger partial charge on any atom is 0.312 e. The molecule has 0 N–H and O–H groups in total. The highest BCUT2D eigenvalue weighted by atomic mass is 79.9. The minimum absolute atomic E-state index is 0.0172. The van der Waals surface area contributed by atoms with Crippen LogP contribution >= 0.6 is 15.9 Å². The van der Waals surface area contributed by atoms with Crippen LogP contribution < -0.4 is 4.74 Å². The lowest BCUT2D eigenvalue weighted by Gasteiger charge is -2.07. The number of terminal acetylenes is 1. The second-order valence-corrected chi connectivity index (χ2v) is 3.74. The highest BCUT2D eigenvalue weighted by Crippen LogP contribution is 2.33. The monoisotopic (exact) mass is 269 g/mol. The molecule has 0 amide bonds. The van der Waals surface area contributed by atoms with Gasteiger partial charge in [-0.25, -0.2) is 0 Å². The molecule has 0 saturated carbocycles. The van der Waals surface area contributed by atoms with Crippen molar-refractivity contribution in [3.63, 3.8) is 0 Å². The molecule has 0 aliphatic heterocycles. The summed E-state index contributed by atoms with van der Waals surface area (Å²) in [6, 6.07) is 3.12. The molecule has 0 aliphatic rings. The quantitative estimate of drug-likeness (QED) is 0.482. The summed E-state index contributed by atoms with van der Waals surface area (Å²) in [4.78, 5) is 10.2. The molecule has 1 aromatic carbocycles. The summed E-state index contributed by atoms with van der Waals surface area (Å²) in [6.07, 6.45) is 5.03. The molecule has 1 aromatic rings. The van der Waals surface area contributed by atoms with Crippen molar-refractivity contribution >= 4 is 21.6 Å². The van der Waals surface area contributed by atoms with Gasteiger partial charge in [-0.2, -0.15) is 0 Å². The van der Waals surface area contributed by atoms with Crippen LogP contribution in [-0.2, 0) is 0 Å². The van der Waals surface area contributed by atoms with Crippen LogP contribution in [0.2, 0.25) is 0 Å². The van der Waals surface area contributed by atoms with Crippen LogP contribution in [0.3, 0.4) is 0 Å². The van der Waals surface area contributed by atoms with Gasteiger partial charge in [0.2, 0.25) is 5.75 Å². The van der Waals surface area contributed by atoms with Crippen LogP contribution in [-0.4, -0.2) is 11.5 Å². The lowest BCUT2D eigenvalue weighted by Crippen LogP contribution is -2.00. The molecule has 15 heavy (non-hydrogen) atoms. The third-order valence-electron chi connectivity index (χ3n) is 1.72. The lowest BCUT2D eigenvalue weighted by atomic mass is 10.2. The zero-order chi connectivity index (χ0) is 11.4. The molecular formula is C10H8BrNO3. The van der Waals surface area contributed by atoms with Gasteiger partial charge in [0.1, 0.15) is 6.61 Å². The number of benzene rings is 1. The topological polar surface area (TPSA) is 52.4 Å². The zero-order valence-electron chi connectivity index (χ0n) is 7.99. The Morgan fingerprint density at radius 2 is 2.33 bits per heavy atom. The van der Waals surface area contributed by atoms with E-state index in [1.54, 1.807) is 13.0 Å². The number of nitrogens with zero attached hydrogens (tertiary/aromatic N) is 1. The molecule has 4 nitrogen and oxygen atoms in total. The van der Waals surface area contributed by atoms with Gasteiger partial charge in [-0.3, -0.25) is 10.1 Å². The average Bonchev–Trinajstić information content (AvgIpc) is 2.15. The molecule has 0 fully saturated rings. The Kier molecular flexibility index (Phi) is 3.69. The predicted molar refractivity (Wildman–Crippen MR) is 59.9 cm³/mol. The first kappa shape index (κ1) is 11.5. The summed E-state index contributed by atoms with van der Waals surface area (Å²) >= 11 is 3.18. The standard InChI is InChI=1S/C10H8BrNO3/c1-3-4-15-10-7(2)5-8(11)6-9(10)12(13)14/h1,5-6H,4H2,2H3. The van der Waals surface area contributed by atoms with E-state index < -0.39 is 4.92 Å². The second-order valence-electron chi connectivity index (χ2n) is 2.82. The number of hydrogen-bond acceptors (Lipinski definition) is 3. The number of rotatable bonds is 3. The smallest absolute Gasteiger partial charge is 0.312 e. The molecule has 78 valence electrons. The van der Waals surface area contributed by atoms with Crippen molar-refractivity contribution in [2.45, 2.75) is 6.92 Å². The van der Waals surface area contributed by atoms with Gasteiger partial charge in [0.15, 0.2) is 0 Å². The van der Waals surface area contributed by atoms with Crippen molar-refractivity contribution in [1.82, 2.24) is 0 Å². The van der Waals surface area contributed by atoms with E-state index in [4.69, 9.17) is 11.2 Å². The fourth-order valence-corrected chi connectivity index (χ4v) is 1.71. The van der Waals surface area contributed by atoms with E-state index in [1.165, 1.54) is 6.07 Å². The van der Waals surface area contributed by atoms with Crippen molar-refractivity contribution < 1.29 is 9.66 Å². The van der Waals surface area contributed by atoms with E-state index in [9.17, 15) is 10.1 Å². The Labute approximate surface area is 95.5 Å². The van der Waals surface area contributed by atoms with Gasteiger partial charge in [-0.05, 0) is 18.6 Å². The fraction of sp³-hybridized carbons (Fsp3) is 0.200. The van der Waals surface area contributed by atoms with Crippen LogP contribution in [0.5, 0.6) is 5.75 Å². The molecule has 0 saturated heterocycles. The summed E-state index contributed by atoms with van der Waals surface area (Å²) in [7, 11) is 0. The highest BCUT2D eigenvalue weighted by molar-refractivity contribution is 9.10. The molecular weight excluding hydrogens is 262 g/mol. The van der Waals surface area contributed by atoms with Crippen LogP contribution in [0.15, 0.2) is 16.6 Å². The van der Waals surface area contributed by atoms with E-state index in [-0.39, 0.29) is 18.0 Å². The van der Waals surface area contributed by atoms with E-state index in [0.29, 0.717) is 10.0 Å². The molecule has 0 bridgehead atoms. The highest BCUT2D eigenvalue weighted by Gasteiger charge is 2.18. The second kappa shape index (κ2) is 4.80. The molecule has 0 aromatic heterocycles. The van der Waals surface area contributed by atoms with Crippen LogP contribution in [0.4, 0.5) is 5.69 Å². The van der Waals surface area contributed by atoms with E-state index in [0.717, 1.165) is 0 Å². The van der Waals surface area contributed by atoms with Gasteiger partial charge >= 0.3 is 5.69 Å². The summed E-state index contributed by atoms with van der Waals surface area (Å²) in [5.41, 5.74) is 0.587. The first-order valence-electron chi connectivity index (χ1n) is 4.07. The van der Waals surface area contributed by atoms with Gasteiger partial charge in [0.25, 0.3) is 0 Å². The number of aryl methyl sites for hydroxylation is 1. The van der Waals surface area contributed by atoms with Crippen molar-refractivity contribution in [3.8, 4) is 18.1 Å². The lowest BCUT2D eigenvalue weighted by molar-refractivity contribution is -0.385. The maximum absolute atomic E-state index is 10.7. The number of nitro benzene ring substituents is 1. The van der Waals surface area contributed by atoms with Gasteiger partial charge in [0, 0.05) is 10.5 Å². The largest absolute Gasteiger partial charge is 0.474 e. The van der Waals surface area contributed by atoms with Crippen molar-refractivity contribution in [2.75, 3.05) is 6.61 Å². The Bertz CT molecular complexity index is 437. The number of nitro groups is 1. The number of halogens is 1. The Morgan fingerprint density at radius 1 is 1.67 bits per heavy atom. The molecule has 0 unspecified atom stereocenters. The van der Waals surface area contributed by atoms with Crippen molar-refractivity contribution in [3.05, 3.63) is 32.3 Å². The van der Waals surface area contributed by atoms with E-state index in [2.05, 4.69) is 21.9 Å².